The van der Waals surface area contributed by atoms with Crippen LogP contribution >= 0.6 is 0 Å². The minimum Gasteiger partial charge on any atom is -1.00 e. The first-order valence-corrected chi connectivity index (χ1v) is 11.2. The first-order valence-electron chi connectivity index (χ1n) is 11.2. The second-order valence-corrected chi connectivity index (χ2v) is 9.57. The molecule has 0 aromatic heterocycles. The molecule has 1 aliphatic heterocycles. The zero-order valence-corrected chi connectivity index (χ0v) is 23.1. The van der Waals surface area contributed by atoms with Gasteiger partial charge in [-0.2, -0.15) is 0 Å². The number of halogens is 1. The molecular formula is C27H38AuClN2. The van der Waals surface area contributed by atoms with Crippen LogP contribution in [-0.4, -0.2) is 6.67 Å². The molecule has 0 radical (unpaired) electrons. The summed E-state index contributed by atoms with van der Waals surface area (Å²) >= 11 is 0. The van der Waals surface area contributed by atoms with E-state index in [1.165, 1.54) is 33.6 Å². The van der Waals surface area contributed by atoms with Gasteiger partial charge in [-0.3, -0.25) is 0 Å². The van der Waals surface area contributed by atoms with Crippen molar-refractivity contribution in [2.75, 3.05) is 16.5 Å². The molecule has 0 bridgehead atoms. The van der Waals surface area contributed by atoms with Gasteiger partial charge in [-0.25, -0.2) is 0 Å². The SMILES string of the molecule is CC(C)c1cccc(C(C)C)c1N1C=CN(c2c(C(C)C)cccc2C(C)C)C1.[Au+].[Cl-]. The monoisotopic (exact) mass is 622 g/mol. The first kappa shape index (κ1) is 27.8. The van der Waals surface area contributed by atoms with Gasteiger partial charge in [0.15, 0.2) is 0 Å². The van der Waals surface area contributed by atoms with E-state index in [4.69, 9.17) is 0 Å². The molecule has 3 rings (SSSR count). The van der Waals surface area contributed by atoms with Crippen LogP contribution in [0.5, 0.6) is 0 Å². The Morgan fingerprint density at radius 2 is 0.806 bits per heavy atom. The molecule has 4 heteroatoms. The van der Waals surface area contributed by atoms with Crippen LogP contribution in [0.2, 0.25) is 0 Å². The third-order valence-corrected chi connectivity index (χ3v) is 5.99. The van der Waals surface area contributed by atoms with E-state index in [2.05, 4.69) is 114 Å². The van der Waals surface area contributed by atoms with Gasteiger partial charge in [-0.05, 0) is 45.9 Å². The van der Waals surface area contributed by atoms with Crippen LogP contribution < -0.4 is 22.2 Å². The van der Waals surface area contributed by atoms with Gasteiger partial charge in [-0.1, -0.05) is 91.8 Å². The fourth-order valence-corrected chi connectivity index (χ4v) is 4.40. The molecule has 174 valence electrons. The van der Waals surface area contributed by atoms with Gasteiger partial charge in [0.1, 0.15) is 0 Å². The van der Waals surface area contributed by atoms with Crippen molar-refractivity contribution in [2.45, 2.75) is 79.1 Å². The molecular weight excluding hydrogens is 585 g/mol. The van der Waals surface area contributed by atoms with Gasteiger partial charge in [0.05, 0.1) is 6.67 Å². The summed E-state index contributed by atoms with van der Waals surface area (Å²) in [6.45, 7) is 19.2. The number of para-hydroxylation sites is 2. The fraction of sp³-hybridized carbons (Fsp3) is 0.481. The molecule has 0 fully saturated rings. The zero-order chi connectivity index (χ0) is 21.3. The summed E-state index contributed by atoms with van der Waals surface area (Å²) in [6, 6.07) is 13.6. The Kier molecular flexibility index (Phi) is 10.4. The molecule has 2 nitrogen and oxygen atoms in total. The average Bonchev–Trinajstić information content (AvgIpc) is 3.15. The van der Waals surface area contributed by atoms with E-state index in [-0.39, 0.29) is 34.8 Å². The smallest absolute Gasteiger partial charge is 1.00 e. The van der Waals surface area contributed by atoms with Crippen molar-refractivity contribution in [1.29, 1.82) is 0 Å². The van der Waals surface area contributed by atoms with E-state index in [0.717, 1.165) is 6.67 Å². The Labute approximate surface area is 212 Å². The molecule has 2 aromatic rings. The molecule has 31 heavy (non-hydrogen) atoms. The Balaban J connectivity index is 0.00000240. The fourth-order valence-electron chi connectivity index (χ4n) is 4.40. The summed E-state index contributed by atoms with van der Waals surface area (Å²) in [5.74, 6) is 2.00. The van der Waals surface area contributed by atoms with E-state index in [1.807, 2.05) is 0 Å². The summed E-state index contributed by atoms with van der Waals surface area (Å²) in [5.41, 5.74) is 8.52. The molecule has 1 aliphatic rings. The maximum Gasteiger partial charge on any atom is 1.00 e. The van der Waals surface area contributed by atoms with Gasteiger partial charge < -0.3 is 22.2 Å². The summed E-state index contributed by atoms with van der Waals surface area (Å²) in [7, 11) is 0. The van der Waals surface area contributed by atoms with Crippen molar-refractivity contribution in [1.82, 2.24) is 0 Å². The molecule has 1 heterocycles. The summed E-state index contributed by atoms with van der Waals surface area (Å²) in [5, 5.41) is 0. The predicted octanol–water partition coefficient (Wildman–Crippen LogP) is 4.94. The normalized spacial score (nSPS) is 13.4. The Morgan fingerprint density at radius 3 is 1.03 bits per heavy atom. The molecule has 0 spiro atoms. The Morgan fingerprint density at radius 1 is 0.548 bits per heavy atom. The van der Waals surface area contributed by atoms with Crippen LogP contribution in [0.3, 0.4) is 0 Å². The van der Waals surface area contributed by atoms with E-state index in [1.54, 1.807) is 0 Å². The van der Waals surface area contributed by atoms with E-state index < -0.39 is 0 Å². The number of benzene rings is 2. The number of hydrogen-bond donors (Lipinski definition) is 0. The van der Waals surface area contributed by atoms with Gasteiger partial charge in [0.25, 0.3) is 0 Å². The van der Waals surface area contributed by atoms with Crippen molar-refractivity contribution in [3.05, 3.63) is 71.1 Å². The predicted molar refractivity (Wildman–Crippen MR) is 128 cm³/mol. The topological polar surface area (TPSA) is 6.48 Å². The summed E-state index contributed by atoms with van der Waals surface area (Å²) in [4.78, 5) is 4.90. The number of anilines is 2. The van der Waals surface area contributed by atoms with Crippen molar-refractivity contribution >= 4 is 11.4 Å². The quantitative estimate of drug-likeness (QED) is 0.422. The number of hydrogen-bond acceptors (Lipinski definition) is 2. The van der Waals surface area contributed by atoms with Gasteiger partial charge in [0, 0.05) is 23.8 Å². The molecule has 0 aliphatic carbocycles. The van der Waals surface area contributed by atoms with Crippen LogP contribution in [0.15, 0.2) is 48.8 Å². The van der Waals surface area contributed by atoms with Gasteiger partial charge in [0.2, 0.25) is 0 Å². The molecule has 0 saturated heterocycles. The third kappa shape index (κ3) is 5.79. The van der Waals surface area contributed by atoms with Crippen molar-refractivity contribution < 1.29 is 34.8 Å². The summed E-state index contributed by atoms with van der Waals surface area (Å²) < 4.78 is 0. The Bertz CT molecular complexity index is 763. The third-order valence-electron chi connectivity index (χ3n) is 5.99. The molecule has 0 amide bonds. The van der Waals surface area contributed by atoms with Crippen LogP contribution in [-0.2, 0) is 22.4 Å². The number of nitrogens with zero attached hydrogens (tertiary/aromatic N) is 2. The minimum atomic E-state index is 0. The molecule has 0 N–H and O–H groups in total. The summed E-state index contributed by atoms with van der Waals surface area (Å²) in [6.07, 6.45) is 4.54. The van der Waals surface area contributed by atoms with Crippen LogP contribution in [0.25, 0.3) is 0 Å². The average molecular weight is 623 g/mol. The second-order valence-electron chi connectivity index (χ2n) is 9.57. The molecule has 0 unspecified atom stereocenters. The van der Waals surface area contributed by atoms with E-state index in [9.17, 15) is 0 Å². The van der Waals surface area contributed by atoms with Crippen molar-refractivity contribution in [3.63, 3.8) is 0 Å². The standard InChI is InChI=1S/C27H38N2.Au.ClH/c1-18(2)22-11-9-12-23(19(3)4)26(22)28-15-16-29(17-28)27-24(20(5)6)13-10-14-25(27)21(7)8;;/h9-16,18-21H,17H2,1-8H3;;1H/q;+1;/p-1. The first-order chi connectivity index (χ1) is 13.7. The molecule has 0 atom stereocenters. The van der Waals surface area contributed by atoms with Crippen LogP contribution in [0, 0.1) is 0 Å². The van der Waals surface area contributed by atoms with E-state index in [0.29, 0.717) is 23.7 Å². The maximum absolute atomic E-state index is 2.45. The minimum absolute atomic E-state index is 0. The van der Waals surface area contributed by atoms with Crippen LogP contribution in [0.4, 0.5) is 11.4 Å². The zero-order valence-electron chi connectivity index (χ0n) is 20.2. The van der Waals surface area contributed by atoms with Gasteiger partial charge in [-0.15, -0.1) is 0 Å². The van der Waals surface area contributed by atoms with Crippen molar-refractivity contribution in [2.24, 2.45) is 0 Å². The van der Waals surface area contributed by atoms with E-state index >= 15 is 0 Å². The van der Waals surface area contributed by atoms with Crippen LogP contribution in [0.1, 0.15) is 101 Å². The Hall–Kier alpha value is -1.19. The van der Waals surface area contributed by atoms with Crippen molar-refractivity contribution in [3.8, 4) is 0 Å². The number of rotatable bonds is 6. The largest absolute Gasteiger partial charge is 1.00 e. The van der Waals surface area contributed by atoms with Gasteiger partial charge >= 0.3 is 22.4 Å². The maximum atomic E-state index is 2.45. The molecule has 0 saturated carbocycles. The molecule has 2 aromatic carbocycles. The second kappa shape index (κ2) is 11.6.